The lowest BCUT2D eigenvalue weighted by molar-refractivity contribution is -0.118. The third-order valence-corrected chi connectivity index (χ3v) is 5.33. The van der Waals surface area contributed by atoms with Crippen LogP contribution in [-0.4, -0.2) is 65.1 Å². The monoisotopic (exact) mass is 405 g/mol. The van der Waals surface area contributed by atoms with E-state index in [2.05, 4.69) is 10.00 Å². The van der Waals surface area contributed by atoms with Gasteiger partial charge in [0.05, 0.1) is 25.4 Å². The van der Waals surface area contributed by atoms with Gasteiger partial charge in [-0.15, -0.1) is 0 Å². The topological polar surface area (TPSA) is 89.7 Å². The number of morpholine rings is 1. The van der Waals surface area contributed by atoms with Gasteiger partial charge in [0.15, 0.2) is 5.82 Å². The quantitative estimate of drug-likeness (QED) is 0.669. The molecule has 28 heavy (non-hydrogen) atoms. The highest BCUT2D eigenvalue weighted by Crippen LogP contribution is 2.33. The van der Waals surface area contributed by atoms with E-state index in [1.54, 1.807) is 25.2 Å². The van der Waals surface area contributed by atoms with E-state index in [9.17, 15) is 14.4 Å². The summed E-state index contributed by atoms with van der Waals surface area (Å²) in [4.78, 5) is 41.4. The third kappa shape index (κ3) is 3.36. The number of halogens is 1. The first-order valence-electron chi connectivity index (χ1n) is 9.04. The molecule has 9 nitrogen and oxygen atoms in total. The van der Waals surface area contributed by atoms with Gasteiger partial charge >= 0.3 is 11.1 Å². The van der Waals surface area contributed by atoms with Crippen LogP contribution in [0.5, 0.6) is 0 Å². The number of ether oxygens (including phenoxy) is 1. The van der Waals surface area contributed by atoms with E-state index in [0.29, 0.717) is 36.0 Å². The van der Waals surface area contributed by atoms with Gasteiger partial charge in [0.2, 0.25) is 5.91 Å². The van der Waals surface area contributed by atoms with Gasteiger partial charge in [-0.25, -0.2) is 4.68 Å². The molecule has 10 heteroatoms. The van der Waals surface area contributed by atoms with Crippen LogP contribution < -0.4 is 16.0 Å². The fraction of sp³-hybridized carbons (Fsp3) is 0.444. The fourth-order valence-electron chi connectivity index (χ4n) is 3.45. The molecule has 0 unspecified atom stereocenters. The minimum atomic E-state index is -0.762. The van der Waals surface area contributed by atoms with E-state index in [-0.39, 0.29) is 24.8 Å². The van der Waals surface area contributed by atoms with Crippen molar-refractivity contribution in [1.82, 2.24) is 19.2 Å². The van der Waals surface area contributed by atoms with Crippen molar-refractivity contribution in [3.63, 3.8) is 0 Å². The largest absolute Gasteiger partial charge is 0.379 e. The minimum absolute atomic E-state index is 0.247. The van der Waals surface area contributed by atoms with Crippen LogP contribution in [0.15, 0.2) is 27.8 Å². The van der Waals surface area contributed by atoms with Crippen molar-refractivity contribution >= 4 is 23.2 Å². The van der Waals surface area contributed by atoms with E-state index in [1.807, 2.05) is 0 Å². The number of carbonyl (C=O) groups excluding carboxylic acids is 1. The number of hydrogen-bond acceptors (Lipinski definition) is 6. The van der Waals surface area contributed by atoms with E-state index >= 15 is 0 Å². The molecule has 1 aromatic heterocycles. The zero-order chi connectivity index (χ0) is 19.8. The zero-order valence-electron chi connectivity index (χ0n) is 15.4. The van der Waals surface area contributed by atoms with E-state index in [1.165, 1.54) is 9.58 Å². The SMILES string of the molecule is CN1C(=O)Cn2c(nn(CCN3CCOCC3)c(=O)c2=O)-c2cc(Cl)ccc21. The van der Waals surface area contributed by atoms with Crippen LogP contribution in [-0.2, 0) is 22.6 Å². The molecule has 3 heterocycles. The minimum Gasteiger partial charge on any atom is -0.379 e. The number of hydrogen-bond donors (Lipinski definition) is 0. The van der Waals surface area contributed by atoms with Crippen molar-refractivity contribution in [1.29, 1.82) is 0 Å². The molecule has 0 saturated carbocycles. The summed E-state index contributed by atoms with van der Waals surface area (Å²) in [6.07, 6.45) is 0. The molecule has 0 atom stereocenters. The molecule has 148 valence electrons. The lowest BCUT2D eigenvalue weighted by Gasteiger charge is -2.26. The first-order chi connectivity index (χ1) is 13.5. The molecule has 1 fully saturated rings. The molecule has 1 aromatic carbocycles. The Morgan fingerprint density at radius 3 is 2.61 bits per heavy atom. The average Bonchev–Trinajstić information content (AvgIpc) is 2.80. The number of carbonyl (C=O) groups is 1. The van der Waals surface area contributed by atoms with Crippen LogP contribution >= 0.6 is 11.6 Å². The highest BCUT2D eigenvalue weighted by molar-refractivity contribution is 6.31. The first-order valence-corrected chi connectivity index (χ1v) is 9.42. The summed E-state index contributed by atoms with van der Waals surface area (Å²) in [5.41, 5.74) is -0.372. The van der Waals surface area contributed by atoms with Crippen LogP contribution in [0.1, 0.15) is 0 Å². The molecule has 2 aromatic rings. The smallest absolute Gasteiger partial charge is 0.332 e. The van der Waals surface area contributed by atoms with Gasteiger partial charge in [0.1, 0.15) is 6.54 Å². The average molecular weight is 406 g/mol. The number of amides is 1. The normalized spacial score (nSPS) is 17.2. The van der Waals surface area contributed by atoms with Gasteiger partial charge in [-0.2, -0.15) is 5.10 Å². The van der Waals surface area contributed by atoms with Gasteiger partial charge in [-0.05, 0) is 18.2 Å². The third-order valence-electron chi connectivity index (χ3n) is 5.09. The lowest BCUT2D eigenvalue weighted by atomic mass is 10.1. The Kier molecular flexibility index (Phi) is 5.05. The number of benzene rings is 1. The Hall–Kier alpha value is -2.49. The predicted octanol–water partition coefficient (Wildman–Crippen LogP) is 0.0340. The second-order valence-corrected chi connectivity index (χ2v) is 7.25. The molecule has 0 spiro atoms. The summed E-state index contributed by atoms with van der Waals surface area (Å²) in [6.45, 7) is 3.46. The Morgan fingerprint density at radius 2 is 1.86 bits per heavy atom. The zero-order valence-corrected chi connectivity index (χ0v) is 16.2. The summed E-state index contributed by atoms with van der Waals surface area (Å²) < 4.78 is 7.64. The maximum absolute atomic E-state index is 12.7. The van der Waals surface area contributed by atoms with Crippen molar-refractivity contribution in [3.05, 3.63) is 43.9 Å². The molecule has 0 N–H and O–H groups in total. The van der Waals surface area contributed by atoms with Crippen LogP contribution in [0.25, 0.3) is 11.4 Å². The molecule has 2 aliphatic heterocycles. The Balaban J connectivity index is 1.79. The Bertz CT molecular complexity index is 1040. The maximum atomic E-state index is 12.7. The van der Waals surface area contributed by atoms with Crippen LogP contribution in [0.2, 0.25) is 5.02 Å². The summed E-state index contributed by atoms with van der Waals surface area (Å²) >= 11 is 6.15. The van der Waals surface area contributed by atoms with Crippen molar-refractivity contribution in [3.8, 4) is 11.4 Å². The molecule has 0 aliphatic carbocycles. The summed E-state index contributed by atoms with van der Waals surface area (Å²) in [7, 11) is 1.62. The summed E-state index contributed by atoms with van der Waals surface area (Å²) in [6, 6.07) is 5.04. The highest BCUT2D eigenvalue weighted by Gasteiger charge is 2.27. The number of aromatic nitrogens is 3. The van der Waals surface area contributed by atoms with Crippen molar-refractivity contribution in [2.75, 3.05) is 44.8 Å². The number of fused-ring (bicyclic) bond motifs is 3. The first kappa shape index (κ1) is 18.9. The summed E-state index contributed by atoms with van der Waals surface area (Å²) in [5.74, 6) is -0.0431. The highest BCUT2D eigenvalue weighted by atomic mass is 35.5. The molecule has 0 bridgehead atoms. The van der Waals surface area contributed by atoms with E-state index < -0.39 is 11.1 Å². The van der Waals surface area contributed by atoms with Crippen molar-refractivity contribution in [2.45, 2.75) is 13.1 Å². The second kappa shape index (κ2) is 7.50. The Morgan fingerprint density at radius 1 is 1.11 bits per heavy atom. The van der Waals surface area contributed by atoms with Gasteiger partial charge < -0.3 is 9.64 Å². The van der Waals surface area contributed by atoms with Crippen LogP contribution in [0, 0.1) is 0 Å². The van der Waals surface area contributed by atoms with Gasteiger partial charge in [-0.3, -0.25) is 23.9 Å². The van der Waals surface area contributed by atoms with E-state index in [0.717, 1.165) is 17.7 Å². The van der Waals surface area contributed by atoms with Crippen molar-refractivity contribution < 1.29 is 9.53 Å². The molecular formula is C18H20ClN5O4. The lowest BCUT2D eigenvalue weighted by Crippen LogP contribution is -2.47. The molecular weight excluding hydrogens is 386 g/mol. The number of anilines is 1. The van der Waals surface area contributed by atoms with Gasteiger partial charge in [0, 0.05) is 37.3 Å². The number of rotatable bonds is 3. The van der Waals surface area contributed by atoms with Crippen molar-refractivity contribution in [2.24, 2.45) is 0 Å². The second-order valence-electron chi connectivity index (χ2n) is 6.81. The fourth-order valence-corrected chi connectivity index (χ4v) is 3.62. The number of likely N-dealkylation sites (N-methyl/N-ethyl adjacent to an activating group) is 1. The van der Waals surface area contributed by atoms with Gasteiger partial charge in [-0.1, -0.05) is 11.6 Å². The standard InChI is InChI=1S/C18H20ClN5O4/c1-21-14-3-2-12(19)10-13(14)16-20-24(5-4-22-6-8-28-9-7-22)18(27)17(26)23(16)11-15(21)25/h2-3,10H,4-9,11H2,1H3. The maximum Gasteiger partial charge on any atom is 0.332 e. The summed E-state index contributed by atoms with van der Waals surface area (Å²) in [5, 5.41) is 4.89. The molecule has 0 radical (unpaired) electrons. The molecule has 1 amide bonds. The molecule has 1 saturated heterocycles. The van der Waals surface area contributed by atoms with Crippen LogP contribution in [0.4, 0.5) is 5.69 Å². The van der Waals surface area contributed by atoms with Crippen LogP contribution in [0.3, 0.4) is 0 Å². The number of nitrogens with zero attached hydrogens (tertiary/aromatic N) is 5. The van der Waals surface area contributed by atoms with E-state index in [4.69, 9.17) is 16.3 Å². The molecule has 4 rings (SSSR count). The molecule has 2 aliphatic rings. The van der Waals surface area contributed by atoms with Gasteiger partial charge in [0.25, 0.3) is 0 Å². The Labute approximate surface area is 165 Å². The predicted molar refractivity (Wildman–Crippen MR) is 104 cm³/mol.